The predicted octanol–water partition coefficient (Wildman–Crippen LogP) is 8.93. The van der Waals surface area contributed by atoms with E-state index in [2.05, 4.69) is 119 Å². The molecule has 5 nitrogen and oxygen atoms in total. The Kier molecular flexibility index (Phi) is 6.27. The molecule has 0 amide bonds. The molecule has 0 fully saturated rings. The number of hydrogen-bond acceptors (Lipinski definition) is 4. The molecule has 5 heteroatoms. The third-order valence-electron chi connectivity index (χ3n) is 8.12. The summed E-state index contributed by atoms with van der Waals surface area (Å²) in [6.07, 6.45) is 3.23. The first-order valence-electron chi connectivity index (χ1n) is 14.0. The SMILES string of the molecule is Cc1ccccc1-c1ccc2c3ccc(-c4ccccc4C)cc3n(-c3ccc(-c4cnc(C#N)nc4)cc3C#N)c2c1. The third-order valence-corrected chi connectivity index (χ3v) is 8.12. The Bertz CT molecular complexity index is 2180. The van der Waals surface area contributed by atoms with Gasteiger partial charge in [-0.25, -0.2) is 9.97 Å². The maximum atomic E-state index is 10.4. The van der Waals surface area contributed by atoms with E-state index in [4.69, 9.17) is 5.26 Å². The van der Waals surface area contributed by atoms with Crippen LogP contribution in [0.3, 0.4) is 0 Å². The Morgan fingerprint density at radius 2 is 1.09 bits per heavy atom. The highest BCUT2D eigenvalue weighted by molar-refractivity contribution is 6.11. The first-order valence-corrected chi connectivity index (χ1v) is 14.0. The molecule has 202 valence electrons. The lowest BCUT2D eigenvalue weighted by Gasteiger charge is -2.13. The Morgan fingerprint density at radius 1 is 0.558 bits per heavy atom. The van der Waals surface area contributed by atoms with Gasteiger partial charge < -0.3 is 4.57 Å². The Morgan fingerprint density at radius 3 is 1.60 bits per heavy atom. The van der Waals surface area contributed by atoms with Crippen molar-refractivity contribution in [2.45, 2.75) is 13.8 Å². The van der Waals surface area contributed by atoms with Crippen LogP contribution in [0.2, 0.25) is 0 Å². The van der Waals surface area contributed by atoms with Crippen LogP contribution in [0, 0.1) is 36.5 Å². The van der Waals surface area contributed by atoms with E-state index >= 15 is 0 Å². The minimum atomic E-state index is 0.111. The van der Waals surface area contributed by atoms with Gasteiger partial charge in [0.05, 0.1) is 22.3 Å². The molecule has 0 spiro atoms. The molecular formula is C38H25N5. The van der Waals surface area contributed by atoms with E-state index in [1.807, 2.05) is 24.3 Å². The topological polar surface area (TPSA) is 78.3 Å². The number of benzene rings is 5. The van der Waals surface area contributed by atoms with E-state index in [0.29, 0.717) is 5.56 Å². The van der Waals surface area contributed by atoms with Crippen LogP contribution in [0.4, 0.5) is 0 Å². The van der Waals surface area contributed by atoms with Crippen LogP contribution in [-0.2, 0) is 0 Å². The molecule has 0 unspecified atom stereocenters. The van der Waals surface area contributed by atoms with Gasteiger partial charge in [-0.3, -0.25) is 0 Å². The fourth-order valence-electron chi connectivity index (χ4n) is 5.94. The second kappa shape index (κ2) is 10.4. The Balaban J connectivity index is 1.51. The maximum absolute atomic E-state index is 10.4. The van der Waals surface area contributed by atoms with Crippen LogP contribution in [0.1, 0.15) is 22.5 Å². The lowest BCUT2D eigenvalue weighted by molar-refractivity contribution is 1.11. The number of nitrogens with zero attached hydrogens (tertiary/aromatic N) is 5. The molecule has 0 aliphatic heterocycles. The average Bonchev–Trinajstić information content (AvgIpc) is 3.37. The van der Waals surface area contributed by atoms with Crippen LogP contribution in [0.15, 0.2) is 116 Å². The van der Waals surface area contributed by atoms with Crippen molar-refractivity contribution in [1.82, 2.24) is 14.5 Å². The first-order chi connectivity index (χ1) is 21.1. The molecule has 2 aromatic heterocycles. The van der Waals surface area contributed by atoms with Crippen molar-refractivity contribution in [2.24, 2.45) is 0 Å². The normalized spacial score (nSPS) is 11.0. The predicted molar refractivity (Wildman–Crippen MR) is 172 cm³/mol. The lowest BCUT2D eigenvalue weighted by Crippen LogP contribution is -1.99. The molecule has 0 saturated heterocycles. The second-order valence-corrected chi connectivity index (χ2v) is 10.7. The molecule has 7 rings (SSSR count). The number of aromatic nitrogens is 3. The minimum absolute atomic E-state index is 0.111. The highest BCUT2D eigenvalue weighted by Crippen LogP contribution is 2.39. The maximum Gasteiger partial charge on any atom is 0.232 e. The largest absolute Gasteiger partial charge is 0.308 e. The summed E-state index contributed by atoms with van der Waals surface area (Å²) in [7, 11) is 0. The average molecular weight is 552 g/mol. The smallest absolute Gasteiger partial charge is 0.232 e. The van der Waals surface area contributed by atoms with E-state index in [-0.39, 0.29) is 5.82 Å². The molecule has 43 heavy (non-hydrogen) atoms. The van der Waals surface area contributed by atoms with Crippen molar-refractivity contribution >= 4 is 21.8 Å². The summed E-state index contributed by atoms with van der Waals surface area (Å²) in [6, 6.07) is 40.2. The van der Waals surface area contributed by atoms with Gasteiger partial charge in [-0.05, 0) is 77.1 Å². The van der Waals surface area contributed by atoms with Gasteiger partial charge in [0.25, 0.3) is 0 Å². The van der Waals surface area contributed by atoms with E-state index < -0.39 is 0 Å². The van der Waals surface area contributed by atoms with Gasteiger partial charge in [0, 0.05) is 28.7 Å². The summed E-state index contributed by atoms with van der Waals surface area (Å²) in [4.78, 5) is 8.23. The fraction of sp³-hybridized carbons (Fsp3) is 0.0526. The zero-order valence-electron chi connectivity index (χ0n) is 23.7. The summed E-state index contributed by atoms with van der Waals surface area (Å²) in [6.45, 7) is 4.26. The summed E-state index contributed by atoms with van der Waals surface area (Å²) in [5.74, 6) is 0.111. The summed E-state index contributed by atoms with van der Waals surface area (Å²) in [5.41, 5.74) is 12.0. The third kappa shape index (κ3) is 4.41. The molecule has 0 atom stereocenters. The summed E-state index contributed by atoms with van der Waals surface area (Å²) in [5, 5.41) is 21.8. The highest BCUT2D eigenvalue weighted by Gasteiger charge is 2.18. The van der Waals surface area contributed by atoms with Crippen LogP contribution < -0.4 is 0 Å². The molecule has 2 heterocycles. The van der Waals surface area contributed by atoms with E-state index in [0.717, 1.165) is 49.7 Å². The number of nitriles is 2. The molecule has 0 aliphatic carbocycles. The first kappa shape index (κ1) is 25.9. The van der Waals surface area contributed by atoms with Crippen LogP contribution in [-0.4, -0.2) is 14.5 Å². The van der Waals surface area contributed by atoms with Crippen LogP contribution in [0.5, 0.6) is 0 Å². The number of aryl methyl sites for hydroxylation is 2. The van der Waals surface area contributed by atoms with Gasteiger partial charge >= 0.3 is 0 Å². The van der Waals surface area contributed by atoms with Crippen molar-refractivity contribution in [1.29, 1.82) is 10.5 Å². The van der Waals surface area contributed by atoms with Crippen molar-refractivity contribution in [2.75, 3.05) is 0 Å². The van der Waals surface area contributed by atoms with E-state index in [9.17, 15) is 5.26 Å². The lowest BCUT2D eigenvalue weighted by atomic mass is 9.98. The van der Waals surface area contributed by atoms with Gasteiger partial charge in [0.2, 0.25) is 5.82 Å². The second-order valence-electron chi connectivity index (χ2n) is 10.7. The summed E-state index contributed by atoms with van der Waals surface area (Å²) < 4.78 is 2.21. The molecule has 5 aromatic carbocycles. The van der Waals surface area contributed by atoms with Crippen molar-refractivity contribution < 1.29 is 0 Å². The van der Waals surface area contributed by atoms with Crippen LogP contribution >= 0.6 is 0 Å². The van der Waals surface area contributed by atoms with Crippen molar-refractivity contribution in [3.63, 3.8) is 0 Å². The molecular weight excluding hydrogens is 526 g/mol. The summed E-state index contributed by atoms with van der Waals surface area (Å²) >= 11 is 0. The van der Waals surface area contributed by atoms with Gasteiger partial charge in [-0.2, -0.15) is 10.5 Å². The molecule has 0 radical (unpaired) electrons. The zero-order valence-corrected chi connectivity index (χ0v) is 23.7. The Hall–Kier alpha value is -6.04. The van der Waals surface area contributed by atoms with Crippen molar-refractivity contribution in [3.8, 4) is 51.2 Å². The van der Waals surface area contributed by atoms with Gasteiger partial charge in [0.1, 0.15) is 12.1 Å². The zero-order chi connectivity index (χ0) is 29.5. The number of hydrogen-bond donors (Lipinski definition) is 0. The molecule has 7 aromatic rings. The molecule has 0 saturated carbocycles. The van der Waals surface area contributed by atoms with Crippen molar-refractivity contribution in [3.05, 3.63) is 138 Å². The number of rotatable bonds is 4. The Labute approximate surface area is 249 Å². The van der Waals surface area contributed by atoms with E-state index in [1.54, 1.807) is 12.4 Å². The van der Waals surface area contributed by atoms with E-state index in [1.165, 1.54) is 22.3 Å². The molecule has 0 aliphatic rings. The van der Waals surface area contributed by atoms with Gasteiger partial charge in [0.15, 0.2) is 0 Å². The quantitative estimate of drug-likeness (QED) is 0.219. The highest BCUT2D eigenvalue weighted by atomic mass is 15.0. The number of fused-ring (bicyclic) bond motifs is 3. The molecule has 0 bridgehead atoms. The van der Waals surface area contributed by atoms with Gasteiger partial charge in [-0.1, -0.05) is 78.9 Å². The monoisotopic (exact) mass is 551 g/mol. The van der Waals surface area contributed by atoms with Gasteiger partial charge in [-0.15, -0.1) is 0 Å². The fourth-order valence-corrected chi connectivity index (χ4v) is 5.94. The minimum Gasteiger partial charge on any atom is -0.308 e. The molecule has 0 N–H and O–H groups in total. The standard InChI is InChI=1S/C38H25N5/c1-24-7-3-5-9-31(24)27-11-14-33-34-15-12-28(32-10-6-4-8-25(32)2)19-37(34)43(36(33)18-27)35-16-13-26(17-29(35)20-39)30-22-41-38(21-40)42-23-30/h3-19,22-23H,1-2H3. The van der Waals surface area contributed by atoms with Crippen LogP contribution in [0.25, 0.3) is 60.9 Å².